The molecule has 0 aliphatic carbocycles. The lowest BCUT2D eigenvalue weighted by Gasteiger charge is -2.19. The van der Waals surface area contributed by atoms with E-state index in [1.165, 1.54) is 0 Å². The summed E-state index contributed by atoms with van der Waals surface area (Å²) in [5.74, 6) is -4.79. The topological polar surface area (TPSA) is 108 Å². The number of halogens is 2. The Kier molecular flexibility index (Phi) is 2.89. The summed E-state index contributed by atoms with van der Waals surface area (Å²) in [6.07, 6.45) is -6.12. The minimum Gasteiger partial charge on any atom is -0.390 e. The molecular formula is C9H10F2N2O5S. The number of hydrogen-bond acceptors (Lipinski definition) is 6. The minimum absolute atomic E-state index is 0.353. The van der Waals surface area contributed by atoms with Crippen molar-refractivity contribution in [2.45, 2.75) is 24.3 Å². The molecule has 4 N–H and O–H groups in total. The second kappa shape index (κ2) is 4.72. The number of nitrogens with zero attached hydrogens (tertiary/aromatic N) is 1. The van der Waals surface area contributed by atoms with E-state index in [1.807, 2.05) is 4.98 Å². The highest BCUT2D eigenvalue weighted by Gasteiger charge is 2.55. The minimum atomic E-state index is -3.71. The zero-order valence-corrected chi connectivity index (χ0v) is 9.90. The number of aliphatic hydroxyl groups excluding tert-OH is 2. The van der Waals surface area contributed by atoms with Gasteiger partial charge in [0.2, 0.25) is 0 Å². The molecular weight excluding hydrogens is 286 g/mol. The number of aliphatic hydroxyl groups is 3. The Balaban J connectivity index is 2.51. The van der Waals surface area contributed by atoms with Gasteiger partial charge in [-0.25, -0.2) is 13.6 Å². The normalized spacial score (nSPS) is 37.0. The van der Waals surface area contributed by atoms with Gasteiger partial charge in [0.25, 0.3) is 5.85 Å². The molecule has 0 aromatic carbocycles. The fraction of sp³-hybridized carbons (Fsp3) is 0.556. The average Bonchev–Trinajstić information content (AvgIpc) is 2.59. The summed E-state index contributed by atoms with van der Waals surface area (Å²) in [6.45, 7) is -3.67. The molecule has 1 aromatic rings. The van der Waals surface area contributed by atoms with Crippen molar-refractivity contribution in [1.29, 1.82) is 0 Å². The third-order valence-electron chi connectivity index (χ3n) is 2.64. The van der Waals surface area contributed by atoms with Gasteiger partial charge in [0, 0.05) is 0 Å². The van der Waals surface area contributed by atoms with Crippen molar-refractivity contribution in [3.8, 4) is 0 Å². The lowest BCUT2D eigenvalue weighted by molar-refractivity contribution is -0.207. The molecule has 1 aliphatic heterocycles. The monoisotopic (exact) mass is 298 g/mol. The molecule has 1 saturated heterocycles. The first-order valence-corrected chi connectivity index (χ1v) is 5.36. The van der Waals surface area contributed by atoms with Gasteiger partial charge in [-0.2, -0.15) is 0 Å². The highest BCUT2D eigenvalue weighted by Crippen LogP contribution is 2.37. The molecule has 1 aromatic heterocycles. The second-order valence-electron chi connectivity index (χ2n) is 3.84. The lowest BCUT2D eigenvalue weighted by atomic mass is 10.1. The van der Waals surface area contributed by atoms with Crippen molar-refractivity contribution >= 4 is 12.2 Å². The van der Waals surface area contributed by atoms with Gasteiger partial charge in [-0.1, -0.05) is 12.2 Å². The van der Waals surface area contributed by atoms with Gasteiger partial charge in [-0.05, 0) is 0 Å². The van der Waals surface area contributed by atoms with E-state index in [0.29, 0.717) is 10.8 Å². The smallest absolute Gasteiger partial charge is 0.328 e. The number of aromatic nitrogens is 2. The Morgan fingerprint density at radius 3 is 2.84 bits per heavy atom. The summed E-state index contributed by atoms with van der Waals surface area (Å²) in [4.78, 5) is 13.5. The number of H-pyrrole nitrogens is 1. The Bertz CT molecular complexity index is 677. The van der Waals surface area contributed by atoms with Crippen molar-refractivity contribution in [2.24, 2.45) is 0 Å². The third kappa shape index (κ3) is 2.21. The van der Waals surface area contributed by atoms with Gasteiger partial charge in [0.1, 0.15) is 23.4 Å². The molecule has 4 atom stereocenters. The summed E-state index contributed by atoms with van der Waals surface area (Å²) in [5.41, 5.74) is -1.08. The number of aromatic amines is 1. The van der Waals surface area contributed by atoms with Crippen molar-refractivity contribution in [3.05, 3.63) is 27.1 Å². The molecule has 0 bridgehead atoms. The van der Waals surface area contributed by atoms with Crippen LogP contribution in [0.4, 0.5) is 8.78 Å². The number of hydrogen-bond donors (Lipinski definition) is 4. The Labute approximate surface area is 112 Å². The molecule has 2 heterocycles. The van der Waals surface area contributed by atoms with Crippen LogP contribution in [0.2, 0.25) is 0 Å². The molecule has 1 aliphatic rings. The van der Waals surface area contributed by atoms with Crippen molar-refractivity contribution in [3.63, 3.8) is 0 Å². The van der Waals surface area contributed by atoms with Crippen LogP contribution in [0.1, 0.15) is 8.97 Å². The zero-order valence-electron chi connectivity index (χ0n) is 11.1. The van der Waals surface area contributed by atoms with Gasteiger partial charge < -0.3 is 20.1 Å². The van der Waals surface area contributed by atoms with E-state index in [-0.39, 0.29) is 0 Å². The fourth-order valence-corrected chi connectivity index (χ4v) is 1.79. The number of nitrogens with one attached hydrogen (secondary N) is 1. The molecule has 0 unspecified atom stereocenters. The van der Waals surface area contributed by atoms with E-state index in [9.17, 15) is 23.8 Å². The van der Waals surface area contributed by atoms with Crippen LogP contribution in [0, 0.1) is 10.5 Å². The number of ether oxygens (including phenoxy) is 1. The molecule has 7 nitrogen and oxygen atoms in total. The Morgan fingerprint density at radius 1 is 1.68 bits per heavy atom. The molecule has 0 saturated carbocycles. The zero-order chi connectivity index (χ0) is 16.2. The maximum Gasteiger partial charge on any atom is 0.328 e. The van der Waals surface area contributed by atoms with Crippen LogP contribution in [0.25, 0.3) is 0 Å². The van der Waals surface area contributed by atoms with E-state index in [4.69, 9.17) is 7.85 Å². The number of alkyl halides is 1. The summed E-state index contributed by atoms with van der Waals surface area (Å²) in [7, 11) is 0. The predicted molar refractivity (Wildman–Crippen MR) is 58.9 cm³/mol. The SMILES string of the molecule is [2H]C([2H])(O)[C@@]1(F)O[C@@H](n2cc(F)c(=S)[nH]c2=O)[C@H](O)[C@@H]1O. The van der Waals surface area contributed by atoms with E-state index >= 15 is 0 Å². The van der Waals surface area contributed by atoms with Crippen LogP contribution in [0.5, 0.6) is 0 Å². The Morgan fingerprint density at radius 2 is 2.32 bits per heavy atom. The maximum absolute atomic E-state index is 14.2. The van der Waals surface area contributed by atoms with E-state index in [1.54, 1.807) is 0 Å². The predicted octanol–water partition coefficient (Wildman–Crippen LogP) is -1.05. The van der Waals surface area contributed by atoms with Gasteiger partial charge in [0.05, 0.1) is 8.94 Å². The number of rotatable bonds is 2. The summed E-state index contributed by atoms with van der Waals surface area (Å²) in [6, 6.07) is 0. The first-order chi connectivity index (χ1) is 9.49. The van der Waals surface area contributed by atoms with E-state index in [0.717, 1.165) is 0 Å². The van der Waals surface area contributed by atoms with Crippen LogP contribution in [-0.4, -0.2) is 49.5 Å². The molecule has 1 fully saturated rings. The molecule has 0 amide bonds. The van der Waals surface area contributed by atoms with Crippen LogP contribution >= 0.6 is 12.2 Å². The largest absolute Gasteiger partial charge is 0.390 e. The first kappa shape index (κ1) is 11.6. The molecule has 0 spiro atoms. The molecule has 19 heavy (non-hydrogen) atoms. The second-order valence-corrected chi connectivity index (χ2v) is 4.25. The standard InChI is InChI=1S/C9H10F2N2O5S/c10-3-1-13(8(17)12-6(3)19)7-4(15)5(16)9(11,2-14)18-7/h1,4-5,7,14-16H,2H2,(H,12,17,19)/t4-,5+,7-,9-/m1/s1/i2D2. The molecule has 0 radical (unpaired) electrons. The Hall–Kier alpha value is -1.20. The molecule has 10 heteroatoms. The quantitative estimate of drug-likeness (QED) is 0.519. The van der Waals surface area contributed by atoms with Crippen LogP contribution in [-0.2, 0) is 4.74 Å². The molecule has 2 rings (SSSR count). The summed E-state index contributed by atoms with van der Waals surface area (Å²) in [5, 5.41) is 28.3. The molecule has 106 valence electrons. The van der Waals surface area contributed by atoms with Crippen LogP contribution in [0.3, 0.4) is 0 Å². The van der Waals surface area contributed by atoms with Gasteiger partial charge in [0.15, 0.2) is 12.0 Å². The van der Waals surface area contributed by atoms with E-state index in [2.05, 4.69) is 17.0 Å². The average molecular weight is 298 g/mol. The third-order valence-corrected chi connectivity index (χ3v) is 2.94. The highest BCUT2D eigenvalue weighted by molar-refractivity contribution is 7.71. The summed E-state index contributed by atoms with van der Waals surface area (Å²) < 4.78 is 45.6. The van der Waals surface area contributed by atoms with Crippen molar-refractivity contribution < 1.29 is 31.6 Å². The van der Waals surface area contributed by atoms with Crippen LogP contribution < -0.4 is 5.69 Å². The highest BCUT2D eigenvalue weighted by atomic mass is 32.1. The maximum atomic E-state index is 14.2. The van der Waals surface area contributed by atoms with Gasteiger partial charge >= 0.3 is 5.69 Å². The van der Waals surface area contributed by atoms with Crippen molar-refractivity contribution in [1.82, 2.24) is 9.55 Å². The van der Waals surface area contributed by atoms with Gasteiger partial charge in [-0.15, -0.1) is 0 Å². The van der Waals surface area contributed by atoms with Crippen molar-refractivity contribution in [2.75, 3.05) is 6.56 Å². The van der Waals surface area contributed by atoms with Gasteiger partial charge in [-0.3, -0.25) is 9.55 Å². The lowest BCUT2D eigenvalue weighted by Crippen LogP contribution is -2.42. The first-order valence-electron chi connectivity index (χ1n) is 5.95. The van der Waals surface area contributed by atoms with Crippen LogP contribution in [0.15, 0.2) is 11.0 Å². The van der Waals surface area contributed by atoms with E-state index < -0.39 is 47.0 Å². The summed E-state index contributed by atoms with van der Waals surface area (Å²) >= 11 is 4.46. The fourth-order valence-electron chi connectivity index (χ4n) is 1.65.